The molecule has 3 rings (SSSR count). The Morgan fingerprint density at radius 1 is 1.37 bits per heavy atom. The van der Waals surface area contributed by atoms with E-state index in [-0.39, 0.29) is 0 Å². The summed E-state index contributed by atoms with van der Waals surface area (Å²) in [6, 6.07) is 2.04. The predicted octanol–water partition coefficient (Wildman–Crippen LogP) is 3.16. The standard InChI is InChI=1S/C15H19N3O/c1-10(2)13-14(12-5-6-16-9-11(12)3)17-18-7-4-8-19-15(13)18/h5-6,9-10H,4,7-8H2,1-3H3. The average molecular weight is 257 g/mol. The summed E-state index contributed by atoms with van der Waals surface area (Å²) >= 11 is 0. The second-order valence-electron chi connectivity index (χ2n) is 5.34. The van der Waals surface area contributed by atoms with Crippen LogP contribution in [0.25, 0.3) is 11.3 Å². The number of aromatic nitrogens is 3. The molecule has 0 saturated carbocycles. The van der Waals surface area contributed by atoms with Crippen molar-refractivity contribution in [1.82, 2.24) is 14.8 Å². The van der Waals surface area contributed by atoms with Crippen molar-refractivity contribution in [3.05, 3.63) is 29.6 Å². The molecule has 0 amide bonds. The molecule has 1 aliphatic heterocycles. The number of hydrogen-bond acceptors (Lipinski definition) is 3. The maximum atomic E-state index is 5.84. The van der Waals surface area contributed by atoms with Crippen LogP contribution < -0.4 is 4.74 Å². The summed E-state index contributed by atoms with van der Waals surface area (Å²) in [5.74, 6) is 1.34. The number of ether oxygens (including phenoxy) is 1. The van der Waals surface area contributed by atoms with Gasteiger partial charge < -0.3 is 4.74 Å². The molecule has 0 saturated heterocycles. The van der Waals surface area contributed by atoms with Gasteiger partial charge in [0.15, 0.2) is 0 Å². The van der Waals surface area contributed by atoms with Crippen LogP contribution in [0.15, 0.2) is 18.5 Å². The third-order valence-electron chi connectivity index (χ3n) is 3.55. The van der Waals surface area contributed by atoms with Gasteiger partial charge >= 0.3 is 0 Å². The van der Waals surface area contributed by atoms with Crippen LogP contribution in [0.2, 0.25) is 0 Å². The third-order valence-corrected chi connectivity index (χ3v) is 3.55. The van der Waals surface area contributed by atoms with Crippen molar-refractivity contribution in [2.45, 2.75) is 39.7 Å². The van der Waals surface area contributed by atoms with Crippen LogP contribution in [-0.4, -0.2) is 21.4 Å². The number of hydrogen-bond donors (Lipinski definition) is 0. The molecule has 0 unspecified atom stereocenters. The fourth-order valence-electron chi connectivity index (χ4n) is 2.61. The van der Waals surface area contributed by atoms with Crippen molar-refractivity contribution in [3.63, 3.8) is 0 Å². The largest absolute Gasteiger partial charge is 0.478 e. The van der Waals surface area contributed by atoms with Crippen LogP contribution in [0.4, 0.5) is 0 Å². The quantitative estimate of drug-likeness (QED) is 0.829. The lowest BCUT2D eigenvalue weighted by atomic mass is 9.97. The van der Waals surface area contributed by atoms with Gasteiger partial charge in [0.1, 0.15) is 5.69 Å². The zero-order valence-electron chi connectivity index (χ0n) is 11.7. The minimum Gasteiger partial charge on any atom is -0.478 e. The first-order chi connectivity index (χ1) is 9.18. The molecule has 3 heterocycles. The molecular weight excluding hydrogens is 238 g/mol. The molecular formula is C15H19N3O. The Morgan fingerprint density at radius 2 is 2.21 bits per heavy atom. The molecule has 100 valence electrons. The highest BCUT2D eigenvalue weighted by atomic mass is 16.5. The van der Waals surface area contributed by atoms with E-state index in [1.54, 1.807) is 0 Å². The molecule has 4 heteroatoms. The van der Waals surface area contributed by atoms with Gasteiger partial charge in [0.25, 0.3) is 0 Å². The summed E-state index contributed by atoms with van der Waals surface area (Å²) in [5.41, 5.74) is 4.57. The Morgan fingerprint density at radius 3 is 2.95 bits per heavy atom. The minimum absolute atomic E-state index is 0.393. The van der Waals surface area contributed by atoms with E-state index in [0.29, 0.717) is 5.92 Å². The third kappa shape index (κ3) is 2.01. The number of rotatable bonds is 2. The predicted molar refractivity (Wildman–Crippen MR) is 74.4 cm³/mol. The van der Waals surface area contributed by atoms with Crippen molar-refractivity contribution >= 4 is 0 Å². The van der Waals surface area contributed by atoms with Gasteiger partial charge in [-0.15, -0.1) is 0 Å². The van der Waals surface area contributed by atoms with Gasteiger partial charge in [-0.1, -0.05) is 13.8 Å². The monoisotopic (exact) mass is 257 g/mol. The van der Waals surface area contributed by atoms with E-state index in [9.17, 15) is 0 Å². The molecule has 0 radical (unpaired) electrons. The van der Waals surface area contributed by atoms with E-state index in [0.717, 1.165) is 42.3 Å². The number of pyridine rings is 1. The molecule has 0 N–H and O–H groups in total. The first-order valence-electron chi connectivity index (χ1n) is 6.83. The number of aryl methyl sites for hydroxylation is 2. The van der Waals surface area contributed by atoms with Gasteiger partial charge in [0.05, 0.1) is 6.61 Å². The van der Waals surface area contributed by atoms with Crippen LogP contribution in [-0.2, 0) is 6.54 Å². The van der Waals surface area contributed by atoms with Crippen molar-refractivity contribution in [2.24, 2.45) is 0 Å². The fraction of sp³-hybridized carbons (Fsp3) is 0.467. The summed E-state index contributed by atoms with van der Waals surface area (Å²) in [4.78, 5) is 4.16. The second kappa shape index (κ2) is 4.68. The summed E-state index contributed by atoms with van der Waals surface area (Å²) in [7, 11) is 0. The molecule has 2 aromatic rings. The van der Waals surface area contributed by atoms with Crippen LogP contribution in [0.3, 0.4) is 0 Å². The molecule has 0 bridgehead atoms. The second-order valence-corrected chi connectivity index (χ2v) is 5.34. The topological polar surface area (TPSA) is 39.9 Å². The Kier molecular flexibility index (Phi) is 3.01. The summed E-state index contributed by atoms with van der Waals surface area (Å²) in [5, 5.41) is 4.77. The van der Waals surface area contributed by atoms with Gasteiger partial charge in [-0.05, 0) is 24.5 Å². The van der Waals surface area contributed by atoms with Crippen molar-refractivity contribution in [2.75, 3.05) is 6.61 Å². The summed E-state index contributed by atoms with van der Waals surface area (Å²) < 4.78 is 7.85. The van der Waals surface area contributed by atoms with E-state index in [1.807, 2.05) is 23.1 Å². The minimum atomic E-state index is 0.393. The summed E-state index contributed by atoms with van der Waals surface area (Å²) in [6.07, 6.45) is 4.74. The lowest BCUT2D eigenvalue weighted by Crippen LogP contribution is -2.15. The van der Waals surface area contributed by atoms with Gasteiger partial charge in [-0.3, -0.25) is 4.98 Å². The first kappa shape index (κ1) is 12.2. The van der Waals surface area contributed by atoms with Crippen molar-refractivity contribution in [1.29, 1.82) is 0 Å². The molecule has 4 nitrogen and oxygen atoms in total. The van der Waals surface area contributed by atoms with E-state index in [4.69, 9.17) is 9.84 Å². The van der Waals surface area contributed by atoms with E-state index in [1.165, 1.54) is 5.56 Å². The number of fused-ring (bicyclic) bond motifs is 1. The Hall–Kier alpha value is -1.84. The maximum Gasteiger partial charge on any atom is 0.215 e. The van der Waals surface area contributed by atoms with Crippen LogP contribution in [0.1, 0.15) is 37.3 Å². The smallest absolute Gasteiger partial charge is 0.215 e. The lowest BCUT2D eigenvalue weighted by molar-refractivity contribution is 0.227. The molecule has 0 aromatic carbocycles. The molecule has 0 aliphatic carbocycles. The van der Waals surface area contributed by atoms with Crippen LogP contribution in [0, 0.1) is 6.92 Å². The SMILES string of the molecule is Cc1cnccc1-c1nn2c(c1C(C)C)OCCC2. The highest BCUT2D eigenvalue weighted by Crippen LogP contribution is 2.38. The Labute approximate surface area is 113 Å². The zero-order chi connectivity index (χ0) is 13.4. The van der Waals surface area contributed by atoms with Gasteiger partial charge in [0.2, 0.25) is 5.88 Å². The maximum absolute atomic E-state index is 5.84. The molecule has 0 fully saturated rings. The molecule has 19 heavy (non-hydrogen) atoms. The normalized spacial score (nSPS) is 14.3. The lowest BCUT2D eigenvalue weighted by Gasteiger charge is -2.17. The molecule has 0 spiro atoms. The molecule has 1 aliphatic rings. The fourth-order valence-corrected chi connectivity index (χ4v) is 2.61. The van der Waals surface area contributed by atoms with Crippen molar-refractivity contribution < 1.29 is 4.74 Å². The van der Waals surface area contributed by atoms with Gasteiger partial charge in [-0.25, -0.2) is 4.68 Å². The van der Waals surface area contributed by atoms with E-state index < -0.39 is 0 Å². The van der Waals surface area contributed by atoms with Crippen molar-refractivity contribution in [3.8, 4) is 17.1 Å². The van der Waals surface area contributed by atoms with Crippen LogP contribution >= 0.6 is 0 Å². The number of nitrogens with zero attached hydrogens (tertiary/aromatic N) is 3. The highest BCUT2D eigenvalue weighted by Gasteiger charge is 2.25. The van der Waals surface area contributed by atoms with Gasteiger partial charge in [0, 0.05) is 36.5 Å². The van der Waals surface area contributed by atoms with Crippen LogP contribution in [0.5, 0.6) is 5.88 Å². The Bertz CT molecular complexity index is 601. The highest BCUT2D eigenvalue weighted by molar-refractivity contribution is 5.69. The first-order valence-corrected chi connectivity index (χ1v) is 6.83. The summed E-state index contributed by atoms with van der Waals surface area (Å²) in [6.45, 7) is 8.19. The zero-order valence-corrected chi connectivity index (χ0v) is 11.7. The molecule has 2 aromatic heterocycles. The van der Waals surface area contributed by atoms with Gasteiger partial charge in [-0.2, -0.15) is 5.10 Å². The Balaban J connectivity index is 2.21. The average Bonchev–Trinajstić information content (AvgIpc) is 2.78. The van der Waals surface area contributed by atoms with E-state index >= 15 is 0 Å². The van der Waals surface area contributed by atoms with E-state index in [2.05, 4.69) is 25.8 Å². The molecule has 0 atom stereocenters.